The second-order valence-corrected chi connectivity index (χ2v) is 7.70. The summed E-state index contributed by atoms with van der Waals surface area (Å²) in [4.78, 5) is 37.7. The van der Waals surface area contributed by atoms with Crippen LogP contribution < -0.4 is 9.80 Å². The number of likely N-dealkylation sites (tertiary alicyclic amines) is 1. The second kappa shape index (κ2) is 9.09. The molecule has 1 aromatic heterocycles. The number of imide groups is 1. The van der Waals surface area contributed by atoms with Gasteiger partial charge in [-0.3, -0.25) is 14.6 Å². The zero-order valence-corrected chi connectivity index (χ0v) is 16.6. The van der Waals surface area contributed by atoms with Gasteiger partial charge in [0.15, 0.2) is 0 Å². The first-order valence-corrected chi connectivity index (χ1v) is 10.5. The number of pyridine rings is 1. The lowest BCUT2D eigenvalue weighted by Crippen LogP contribution is -3.12. The standard InChI is InChI=1S/C23H26N4O2/c28-22-19-10-3-2-9-18(19)20(23(29)27(22)21-11-4-5-13-25-21)17-24-12-8-16-26-14-6-1-7-15-26/h2-5,9-11,13,17,20H,1,6-8,12,14-16H2/p+1/t20-/m1/s1. The van der Waals surface area contributed by atoms with Crippen molar-refractivity contribution in [3.05, 3.63) is 59.8 Å². The highest BCUT2D eigenvalue weighted by Crippen LogP contribution is 2.30. The summed E-state index contributed by atoms with van der Waals surface area (Å²) in [5.74, 6) is -0.835. The maximum absolute atomic E-state index is 13.2. The summed E-state index contributed by atoms with van der Waals surface area (Å²) in [6, 6.07) is 12.5. The van der Waals surface area contributed by atoms with Crippen molar-refractivity contribution in [1.29, 1.82) is 0 Å². The molecular weight excluding hydrogens is 364 g/mol. The number of anilines is 1. The minimum Gasteiger partial charge on any atom is -0.335 e. The van der Waals surface area contributed by atoms with E-state index in [0.717, 1.165) is 18.5 Å². The summed E-state index contributed by atoms with van der Waals surface area (Å²) in [5, 5.41) is 0. The molecule has 1 fully saturated rings. The predicted molar refractivity (Wildman–Crippen MR) is 113 cm³/mol. The minimum absolute atomic E-state index is 0.294. The van der Waals surface area contributed by atoms with E-state index in [-0.39, 0.29) is 11.8 Å². The van der Waals surface area contributed by atoms with Crippen LogP contribution >= 0.6 is 0 Å². The van der Waals surface area contributed by atoms with Crippen LogP contribution in [0.4, 0.5) is 5.82 Å². The predicted octanol–water partition coefficient (Wildman–Crippen LogP) is 1.88. The van der Waals surface area contributed by atoms with Crippen LogP contribution in [-0.2, 0) is 4.79 Å². The largest absolute Gasteiger partial charge is 0.335 e. The first-order valence-electron chi connectivity index (χ1n) is 10.5. The third-order valence-corrected chi connectivity index (χ3v) is 5.73. The highest BCUT2D eigenvalue weighted by atomic mass is 16.2. The van der Waals surface area contributed by atoms with Crippen LogP contribution in [0.1, 0.15) is 47.5 Å². The summed E-state index contributed by atoms with van der Waals surface area (Å²) in [6.07, 6.45) is 8.32. The molecule has 3 heterocycles. The number of nitrogens with zero attached hydrogens (tertiary/aromatic N) is 3. The Hall–Kier alpha value is -2.86. The van der Waals surface area contributed by atoms with Gasteiger partial charge in [0.05, 0.1) is 25.6 Å². The summed E-state index contributed by atoms with van der Waals surface area (Å²) >= 11 is 0. The lowest BCUT2D eigenvalue weighted by atomic mass is 9.89. The molecule has 1 atom stereocenters. The Balaban J connectivity index is 1.49. The first kappa shape index (κ1) is 19.5. The van der Waals surface area contributed by atoms with Crippen molar-refractivity contribution in [2.45, 2.75) is 31.6 Å². The van der Waals surface area contributed by atoms with Gasteiger partial charge in [-0.25, -0.2) is 9.88 Å². The van der Waals surface area contributed by atoms with E-state index in [0.29, 0.717) is 17.9 Å². The number of nitrogens with one attached hydrogen (secondary N) is 1. The molecule has 1 saturated heterocycles. The molecule has 0 unspecified atom stereocenters. The molecule has 4 rings (SSSR count). The van der Waals surface area contributed by atoms with E-state index in [1.165, 1.54) is 37.3 Å². The molecule has 6 nitrogen and oxygen atoms in total. The number of hydrogen-bond donors (Lipinski definition) is 1. The maximum atomic E-state index is 13.2. The van der Waals surface area contributed by atoms with Gasteiger partial charge in [0.1, 0.15) is 5.82 Å². The zero-order valence-electron chi connectivity index (χ0n) is 16.6. The number of rotatable bonds is 6. The maximum Gasteiger partial charge on any atom is 0.266 e. The van der Waals surface area contributed by atoms with Crippen LogP contribution in [0.15, 0.2) is 53.7 Å². The van der Waals surface area contributed by atoms with E-state index in [1.54, 1.807) is 41.6 Å². The fraction of sp³-hybridized carbons (Fsp3) is 0.391. The van der Waals surface area contributed by atoms with E-state index >= 15 is 0 Å². The molecule has 0 aliphatic carbocycles. The molecule has 0 radical (unpaired) electrons. The molecule has 0 bridgehead atoms. The molecule has 2 aliphatic heterocycles. The number of benzene rings is 1. The number of aromatic nitrogens is 1. The average Bonchev–Trinajstić information content (AvgIpc) is 2.77. The van der Waals surface area contributed by atoms with Gasteiger partial charge in [0.2, 0.25) is 5.91 Å². The van der Waals surface area contributed by atoms with Crippen LogP contribution in [0.3, 0.4) is 0 Å². The number of fused-ring (bicyclic) bond motifs is 1. The molecule has 2 amide bonds. The van der Waals surface area contributed by atoms with Crippen molar-refractivity contribution in [1.82, 2.24) is 4.98 Å². The number of amides is 2. The summed E-state index contributed by atoms with van der Waals surface area (Å²) < 4.78 is 0. The van der Waals surface area contributed by atoms with E-state index in [9.17, 15) is 9.59 Å². The average molecular weight is 391 g/mol. The summed E-state index contributed by atoms with van der Waals surface area (Å²) in [6.45, 7) is 4.36. The first-order chi connectivity index (χ1) is 14.3. The van der Waals surface area contributed by atoms with Gasteiger partial charge >= 0.3 is 0 Å². The number of hydrogen-bond acceptors (Lipinski definition) is 4. The van der Waals surface area contributed by atoms with Crippen molar-refractivity contribution >= 4 is 23.8 Å². The van der Waals surface area contributed by atoms with Gasteiger partial charge in [-0.15, -0.1) is 0 Å². The lowest BCUT2D eigenvalue weighted by Gasteiger charge is -2.30. The van der Waals surface area contributed by atoms with Crippen LogP contribution in [0.5, 0.6) is 0 Å². The molecule has 1 N–H and O–H groups in total. The van der Waals surface area contributed by atoms with Crippen LogP contribution in [0.25, 0.3) is 0 Å². The Bertz CT molecular complexity index is 891. The molecule has 0 spiro atoms. The fourth-order valence-corrected chi connectivity index (χ4v) is 4.20. The SMILES string of the molecule is O=C1c2ccccc2[C@@H](C=NCCC[NH+]2CCCCC2)C(=O)N1c1ccccn1. The molecule has 6 heteroatoms. The van der Waals surface area contributed by atoms with Crippen molar-refractivity contribution in [3.63, 3.8) is 0 Å². The van der Waals surface area contributed by atoms with Crippen LogP contribution in [0, 0.1) is 0 Å². The highest BCUT2D eigenvalue weighted by Gasteiger charge is 2.39. The number of quaternary nitrogens is 1. The Labute approximate surface area is 171 Å². The fourth-order valence-electron chi connectivity index (χ4n) is 4.20. The molecule has 0 saturated carbocycles. The number of carbonyl (C=O) groups excluding carboxylic acids is 2. The van der Waals surface area contributed by atoms with Crippen molar-refractivity contribution in [2.24, 2.45) is 4.99 Å². The second-order valence-electron chi connectivity index (χ2n) is 7.70. The van der Waals surface area contributed by atoms with Crippen LogP contribution in [0.2, 0.25) is 0 Å². The monoisotopic (exact) mass is 391 g/mol. The van der Waals surface area contributed by atoms with E-state index in [4.69, 9.17) is 0 Å². The van der Waals surface area contributed by atoms with E-state index in [2.05, 4.69) is 9.98 Å². The van der Waals surface area contributed by atoms with Gasteiger partial charge in [-0.05, 0) is 43.0 Å². The highest BCUT2D eigenvalue weighted by molar-refractivity contribution is 6.28. The minimum atomic E-state index is -0.562. The van der Waals surface area contributed by atoms with Crippen molar-refractivity contribution < 1.29 is 14.5 Å². The molecular formula is C23H27N4O2+. The number of piperidine rings is 1. The quantitative estimate of drug-likeness (QED) is 0.465. The van der Waals surface area contributed by atoms with E-state index in [1.807, 2.05) is 18.2 Å². The number of carbonyl (C=O) groups is 2. The lowest BCUT2D eigenvalue weighted by molar-refractivity contribution is -0.904. The molecule has 1 aromatic carbocycles. The third kappa shape index (κ3) is 4.27. The topological polar surface area (TPSA) is 67.1 Å². The molecule has 29 heavy (non-hydrogen) atoms. The summed E-state index contributed by atoms with van der Waals surface area (Å²) in [7, 11) is 0. The Morgan fingerprint density at radius 3 is 2.66 bits per heavy atom. The number of aliphatic imine (C=N–C) groups is 1. The van der Waals surface area contributed by atoms with E-state index < -0.39 is 5.92 Å². The van der Waals surface area contributed by atoms with Gasteiger partial charge < -0.3 is 4.90 Å². The Kier molecular flexibility index (Phi) is 6.10. The summed E-state index contributed by atoms with van der Waals surface area (Å²) in [5.41, 5.74) is 1.26. The molecule has 150 valence electrons. The smallest absolute Gasteiger partial charge is 0.266 e. The Morgan fingerprint density at radius 2 is 1.86 bits per heavy atom. The van der Waals surface area contributed by atoms with Gasteiger partial charge in [-0.2, -0.15) is 0 Å². The van der Waals surface area contributed by atoms with Gasteiger partial charge in [0.25, 0.3) is 5.91 Å². The third-order valence-electron chi connectivity index (χ3n) is 5.73. The van der Waals surface area contributed by atoms with Gasteiger partial charge in [-0.1, -0.05) is 24.3 Å². The van der Waals surface area contributed by atoms with Gasteiger partial charge in [0, 0.05) is 30.9 Å². The van der Waals surface area contributed by atoms with Crippen molar-refractivity contribution in [3.8, 4) is 0 Å². The van der Waals surface area contributed by atoms with Crippen LogP contribution in [-0.4, -0.2) is 49.2 Å². The zero-order chi connectivity index (χ0) is 20.1. The molecule has 2 aliphatic rings. The molecule has 2 aromatic rings. The van der Waals surface area contributed by atoms with Crippen molar-refractivity contribution in [2.75, 3.05) is 31.1 Å². The normalized spacial score (nSPS) is 20.3. The Morgan fingerprint density at radius 1 is 1.07 bits per heavy atom.